The largest absolute Gasteiger partial charge is 0.493 e. The molecule has 2 aliphatic heterocycles. The molecule has 0 bridgehead atoms. The van der Waals surface area contributed by atoms with Crippen LogP contribution in [0.2, 0.25) is 0 Å². The van der Waals surface area contributed by atoms with Gasteiger partial charge in [-0.25, -0.2) is 0 Å². The number of piperazine rings is 1. The lowest BCUT2D eigenvalue weighted by Crippen LogP contribution is -2.58. The van der Waals surface area contributed by atoms with Gasteiger partial charge in [0.1, 0.15) is 0 Å². The SMILES string of the molecule is COc1ccc(CN2CCN(C3CCN(C(C)C)CC3)[C@@H](CCO)C2)c(OC)c1OC. The molecule has 1 aromatic rings. The summed E-state index contributed by atoms with van der Waals surface area (Å²) in [4.78, 5) is 7.73. The fraction of sp³-hybridized carbons (Fsp3) is 0.750. The predicted molar refractivity (Wildman–Crippen MR) is 123 cm³/mol. The quantitative estimate of drug-likeness (QED) is 0.639. The molecule has 0 aromatic heterocycles. The third-order valence-corrected chi connectivity index (χ3v) is 6.95. The molecule has 1 atom stereocenters. The van der Waals surface area contributed by atoms with E-state index in [9.17, 15) is 5.11 Å². The molecule has 0 amide bonds. The first-order valence-corrected chi connectivity index (χ1v) is 11.6. The smallest absolute Gasteiger partial charge is 0.203 e. The third kappa shape index (κ3) is 5.64. The topological polar surface area (TPSA) is 57.6 Å². The lowest BCUT2D eigenvalue weighted by molar-refractivity contribution is -0.000216. The van der Waals surface area contributed by atoms with Crippen LogP contribution < -0.4 is 14.2 Å². The number of rotatable bonds is 9. The van der Waals surface area contributed by atoms with Crippen LogP contribution in [-0.2, 0) is 6.54 Å². The maximum Gasteiger partial charge on any atom is 0.203 e. The number of hydrogen-bond acceptors (Lipinski definition) is 7. The van der Waals surface area contributed by atoms with Crippen molar-refractivity contribution in [3.05, 3.63) is 17.7 Å². The van der Waals surface area contributed by atoms with Gasteiger partial charge < -0.3 is 24.2 Å². The summed E-state index contributed by atoms with van der Waals surface area (Å²) in [5, 5.41) is 9.73. The van der Waals surface area contributed by atoms with Crippen LogP contribution >= 0.6 is 0 Å². The molecule has 0 radical (unpaired) electrons. The lowest BCUT2D eigenvalue weighted by Gasteiger charge is -2.48. The monoisotopic (exact) mass is 435 g/mol. The molecular formula is C24H41N3O4. The zero-order valence-corrected chi connectivity index (χ0v) is 20.0. The Bertz CT molecular complexity index is 692. The summed E-state index contributed by atoms with van der Waals surface area (Å²) in [6, 6.07) is 5.66. The van der Waals surface area contributed by atoms with Crippen LogP contribution in [-0.4, -0.2) is 98.6 Å². The first-order valence-electron chi connectivity index (χ1n) is 11.6. The van der Waals surface area contributed by atoms with Crippen molar-refractivity contribution in [2.45, 2.75) is 57.8 Å². The summed E-state index contributed by atoms with van der Waals surface area (Å²) in [5.74, 6) is 2.06. The van der Waals surface area contributed by atoms with Gasteiger partial charge in [0, 0.05) is 56.5 Å². The highest BCUT2D eigenvalue weighted by Gasteiger charge is 2.34. The number of likely N-dealkylation sites (tertiary alicyclic amines) is 1. The molecule has 2 aliphatic rings. The standard InChI is InChI=1S/C24H41N3O4/c1-18(2)26-11-8-20(9-12-26)27-14-13-25(17-21(27)10-15-28)16-19-6-7-22(29-3)24(31-5)23(19)30-4/h6-7,18,20-21,28H,8-17H2,1-5H3/t21-/m0/s1. The molecule has 2 heterocycles. The van der Waals surface area contributed by atoms with Crippen LogP contribution in [0.1, 0.15) is 38.7 Å². The summed E-state index contributed by atoms with van der Waals surface area (Å²) in [6.45, 7) is 11.0. The van der Waals surface area contributed by atoms with Crippen molar-refractivity contribution in [3.63, 3.8) is 0 Å². The molecule has 2 fully saturated rings. The molecule has 176 valence electrons. The number of benzene rings is 1. The Morgan fingerprint density at radius 1 is 0.968 bits per heavy atom. The summed E-state index contributed by atoms with van der Waals surface area (Å²) < 4.78 is 16.7. The van der Waals surface area contributed by atoms with Gasteiger partial charge >= 0.3 is 0 Å². The second-order valence-corrected chi connectivity index (χ2v) is 8.99. The Balaban J connectivity index is 1.67. The van der Waals surface area contributed by atoms with Crippen LogP contribution in [0.25, 0.3) is 0 Å². The van der Waals surface area contributed by atoms with Crippen molar-refractivity contribution in [1.29, 1.82) is 0 Å². The average molecular weight is 436 g/mol. The van der Waals surface area contributed by atoms with Crippen LogP contribution in [0.4, 0.5) is 0 Å². The van der Waals surface area contributed by atoms with E-state index in [4.69, 9.17) is 14.2 Å². The van der Waals surface area contributed by atoms with E-state index in [0.717, 1.165) is 43.9 Å². The maximum atomic E-state index is 9.73. The Labute approximate surface area is 187 Å². The lowest BCUT2D eigenvalue weighted by atomic mass is 9.97. The van der Waals surface area contributed by atoms with Crippen LogP contribution in [0, 0.1) is 0 Å². The van der Waals surface area contributed by atoms with Gasteiger partial charge in [-0.05, 0) is 52.3 Å². The van der Waals surface area contributed by atoms with Crippen molar-refractivity contribution in [2.75, 3.05) is 60.7 Å². The van der Waals surface area contributed by atoms with Crippen molar-refractivity contribution in [2.24, 2.45) is 0 Å². The predicted octanol–water partition coefficient (Wildman–Crippen LogP) is 2.45. The minimum atomic E-state index is 0.236. The van der Waals surface area contributed by atoms with Crippen LogP contribution in [0.15, 0.2) is 12.1 Å². The zero-order chi connectivity index (χ0) is 22.4. The van der Waals surface area contributed by atoms with Gasteiger partial charge in [-0.1, -0.05) is 6.07 Å². The van der Waals surface area contributed by atoms with E-state index >= 15 is 0 Å². The van der Waals surface area contributed by atoms with Gasteiger partial charge in [-0.3, -0.25) is 9.80 Å². The van der Waals surface area contributed by atoms with Crippen molar-refractivity contribution >= 4 is 0 Å². The second-order valence-electron chi connectivity index (χ2n) is 8.99. The summed E-state index contributed by atoms with van der Waals surface area (Å²) in [5.41, 5.74) is 1.10. The van der Waals surface area contributed by atoms with Crippen molar-refractivity contribution in [1.82, 2.24) is 14.7 Å². The Kier molecular flexibility index (Phi) is 8.84. The highest BCUT2D eigenvalue weighted by molar-refractivity contribution is 5.55. The summed E-state index contributed by atoms with van der Waals surface area (Å²) in [6.07, 6.45) is 3.27. The molecule has 1 N–H and O–H groups in total. The molecule has 7 heteroatoms. The fourth-order valence-corrected chi connectivity index (χ4v) is 5.23. The van der Waals surface area contributed by atoms with E-state index < -0.39 is 0 Å². The van der Waals surface area contributed by atoms with Gasteiger partial charge in [-0.15, -0.1) is 0 Å². The minimum absolute atomic E-state index is 0.236. The van der Waals surface area contributed by atoms with E-state index in [1.54, 1.807) is 21.3 Å². The molecular weight excluding hydrogens is 394 g/mol. The highest BCUT2D eigenvalue weighted by atomic mass is 16.5. The minimum Gasteiger partial charge on any atom is -0.493 e. The summed E-state index contributed by atoms with van der Waals surface area (Å²) in [7, 11) is 4.96. The zero-order valence-electron chi connectivity index (χ0n) is 20.0. The number of aliphatic hydroxyl groups excluding tert-OH is 1. The Morgan fingerprint density at radius 2 is 1.68 bits per heavy atom. The average Bonchev–Trinajstić information content (AvgIpc) is 2.79. The highest BCUT2D eigenvalue weighted by Crippen LogP contribution is 2.40. The molecule has 3 rings (SSSR count). The number of methoxy groups -OCH3 is 3. The number of aliphatic hydroxyl groups is 1. The van der Waals surface area contributed by atoms with E-state index in [1.165, 1.54) is 25.9 Å². The molecule has 31 heavy (non-hydrogen) atoms. The number of piperidine rings is 1. The second kappa shape index (κ2) is 11.4. The summed E-state index contributed by atoms with van der Waals surface area (Å²) >= 11 is 0. The van der Waals surface area contributed by atoms with Gasteiger partial charge in [0.2, 0.25) is 5.75 Å². The maximum absolute atomic E-state index is 9.73. The Hall–Kier alpha value is -1.54. The van der Waals surface area contributed by atoms with Crippen LogP contribution in [0.5, 0.6) is 17.2 Å². The van der Waals surface area contributed by atoms with Crippen molar-refractivity contribution < 1.29 is 19.3 Å². The molecule has 0 unspecified atom stereocenters. The first kappa shape index (κ1) is 24.1. The van der Waals surface area contributed by atoms with Gasteiger partial charge in [0.15, 0.2) is 11.5 Å². The normalized spacial score (nSPS) is 22.1. The first-order chi connectivity index (χ1) is 15.0. The molecule has 2 saturated heterocycles. The molecule has 0 aliphatic carbocycles. The number of hydrogen-bond donors (Lipinski definition) is 1. The number of nitrogens with zero attached hydrogens (tertiary/aromatic N) is 3. The molecule has 1 aromatic carbocycles. The van der Waals surface area contributed by atoms with E-state index in [-0.39, 0.29) is 6.61 Å². The molecule has 0 spiro atoms. The van der Waals surface area contributed by atoms with E-state index in [1.807, 2.05) is 6.07 Å². The van der Waals surface area contributed by atoms with Gasteiger partial charge in [0.25, 0.3) is 0 Å². The van der Waals surface area contributed by atoms with Crippen LogP contribution in [0.3, 0.4) is 0 Å². The van der Waals surface area contributed by atoms with E-state index in [2.05, 4.69) is 34.6 Å². The molecule has 0 saturated carbocycles. The Morgan fingerprint density at radius 3 is 2.26 bits per heavy atom. The number of ether oxygens (including phenoxy) is 3. The van der Waals surface area contributed by atoms with Crippen molar-refractivity contribution in [3.8, 4) is 17.2 Å². The van der Waals surface area contributed by atoms with E-state index in [0.29, 0.717) is 29.6 Å². The fourth-order valence-electron chi connectivity index (χ4n) is 5.23. The molecule has 7 nitrogen and oxygen atoms in total. The third-order valence-electron chi connectivity index (χ3n) is 6.95. The van der Waals surface area contributed by atoms with Gasteiger partial charge in [0.05, 0.1) is 21.3 Å². The van der Waals surface area contributed by atoms with Gasteiger partial charge in [-0.2, -0.15) is 0 Å².